The van der Waals surface area contributed by atoms with Crippen LogP contribution in [-0.2, 0) is 17.6 Å². The Morgan fingerprint density at radius 2 is 2.00 bits per heavy atom. The Bertz CT molecular complexity index is 1290. The fourth-order valence-electron chi connectivity index (χ4n) is 3.87. The van der Waals surface area contributed by atoms with E-state index in [9.17, 15) is 4.79 Å². The van der Waals surface area contributed by atoms with Crippen molar-refractivity contribution >= 4 is 40.2 Å². The van der Waals surface area contributed by atoms with Crippen LogP contribution in [0.4, 0.5) is 0 Å². The molecule has 176 valence electrons. The summed E-state index contributed by atoms with van der Waals surface area (Å²) in [6, 6.07) is 19.4. The van der Waals surface area contributed by atoms with E-state index in [0.717, 1.165) is 63.5 Å². The molecule has 0 aliphatic heterocycles. The second-order valence-electron chi connectivity index (χ2n) is 7.95. The van der Waals surface area contributed by atoms with Gasteiger partial charge in [-0.2, -0.15) is 0 Å². The largest absolute Gasteiger partial charge is 0.493 e. The first-order valence-corrected chi connectivity index (χ1v) is 12.7. The third-order valence-corrected chi connectivity index (χ3v) is 7.00. The number of ether oxygens (including phenoxy) is 1. The number of halogens is 1. The lowest BCUT2D eigenvalue weighted by molar-refractivity contribution is -0.136. The normalized spacial score (nSPS) is 11.1. The fourth-order valence-corrected chi connectivity index (χ4v) is 5.08. The molecule has 4 rings (SSSR count). The standard InChI is InChI=1S/C27H26ClNO4S/c1-2-7-19-20(27-21-8-3-4-10-23(21)29-33-27)9-5-11-24(19)32-14-6-15-34-25-13-12-18(16-22(25)28)17-26(30)31/h3-5,8-13,16H,2,6-7,14-15,17H2,1H3,(H,30,31). The number of aliphatic carboxylic acids is 1. The second kappa shape index (κ2) is 11.4. The Balaban J connectivity index is 1.40. The smallest absolute Gasteiger partial charge is 0.307 e. The fraction of sp³-hybridized carbons (Fsp3) is 0.259. The predicted molar refractivity (Wildman–Crippen MR) is 137 cm³/mol. The first-order chi connectivity index (χ1) is 16.6. The Labute approximate surface area is 208 Å². The average Bonchev–Trinajstić information content (AvgIpc) is 3.25. The zero-order valence-electron chi connectivity index (χ0n) is 18.9. The van der Waals surface area contributed by atoms with E-state index in [0.29, 0.717) is 17.2 Å². The van der Waals surface area contributed by atoms with Crippen molar-refractivity contribution in [3.05, 3.63) is 76.8 Å². The van der Waals surface area contributed by atoms with Gasteiger partial charge in [-0.25, -0.2) is 0 Å². The first-order valence-electron chi connectivity index (χ1n) is 11.3. The van der Waals surface area contributed by atoms with E-state index < -0.39 is 5.97 Å². The van der Waals surface area contributed by atoms with Gasteiger partial charge in [0.1, 0.15) is 11.3 Å². The molecular formula is C27H26ClNO4S. The molecule has 0 aliphatic rings. The first kappa shape index (κ1) is 24.2. The lowest BCUT2D eigenvalue weighted by atomic mass is 9.98. The van der Waals surface area contributed by atoms with E-state index >= 15 is 0 Å². The molecule has 0 saturated carbocycles. The van der Waals surface area contributed by atoms with Crippen LogP contribution in [0.1, 0.15) is 30.9 Å². The highest BCUT2D eigenvalue weighted by molar-refractivity contribution is 7.99. The Morgan fingerprint density at radius 3 is 2.79 bits per heavy atom. The highest BCUT2D eigenvalue weighted by atomic mass is 35.5. The minimum absolute atomic E-state index is 0.0263. The third-order valence-electron chi connectivity index (χ3n) is 5.42. The zero-order valence-corrected chi connectivity index (χ0v) is 20.5. The molecule has 0 saturated heterocycles. The van der Waals surface area contributed by atoms with Crippen molar-refractivity contribution in [1.29, 1.82) is 0 Å². The van der Waals surface area contributed by atoms with Gasteiger partial charge in [0, 0.05) is 27.2 Å². The minimum atomic E-state index is -0.864. The SMILES string of the molecule is CCCc1c(OCCCSc2ccc(CC(=O)O)cc2Cl)cccc1-c1onc2ccccc12. The van der Waals surface area contributed by atoms with Crippen LogP contribution in [0.5, 0.6) is 5.75 Å². The number of nitrogens with zero attached hydrogens (tertiary/aromatic N) is 1. The van der Waals surface area contributed by atoms with Crippen molar-refractivity contribution in [2.24, 2.45) is 0 Å². The van der Waals surface area contributed by atoms with Crippen LogP contribution in [0, 0.1) is 0 Å². The molecule has 0 radical (unpaired) electrons. The van der Waals surface area contributed by atoms with Crippen LogP contribution >= 0.6 is 23.4 Å². The Morgan fingerprint density at radius 1 is 1.15 bits per heavy atom. The predicted octanol–water partition coefficient (Wildman–Crippen LogP) is 7.29. The van der Waals surface area contributed by atoms with Crippen LogP contribution < -0.4 is 4.74 Å². The average molecular weight is 496 g/mol. The zero-order chi connectivity index (χ0) is 23.9. The molecule has 1 N–H and O–H groups in total. The van der Waals surface area contributed by atoms with Gasteiger partial charge in [-0.15, -0.1) is 11.8 Å². The maximum absolute atomic E-state index is 10.9. The summed E-state index contributed by atoms with van der Waals surface area (Å²) in [7, 11) is 0. The quantitative estimate of drug-likeness (QED) is 0.174. The van der Waals surface area contributed by atoms with Crippen molar-refractivity contribution in [3.63, 3.8) is 0 Å². The molecule has 0 bridgehead atoms. The van der Waals surface area contributed by atoms with Gasteiger partial charge in [-0.05, 0) is 48.7 Å². The summed E-state index contributed by atoms with van der Waals surface area (Å²) in [6.45, 7) is 2.74. The van der Waals surface area contributed by atoms with E-state index in [4.69, 9.17) is 26.0 Å². The van der Waals surface area contributed by atoms with Crippen LogP contribution in [0.2, 0.25) is 5.02 Å². The molecule has 7 heteroatoms. The maximum Gasteiger partial charge on any atom is 0.307 e. The molecule has 0 atom stereocenters. The Hall–Kier alpha value is -2.96. The van der Waals surface area contributed by atoms with Gasteiger partial charge in [0.2, 0.25) is 0 Å². The van der Waals surface area contributed by atoms with Gasteiger partial charge in [-0.1, -0.05) is 60.4 Å². The number of hydrogen-bond acceptors (Lipinski definition) is 5. The lowest BCUT2D eigenvalue weighted by Crippen LogP contribution is -2.03. The van der Waals surface area contributed by atoms with Gasteiger partial charge >= 0.3 is 5.97 Å². The van der Waals surface area contributed by atoms with Gasteiger partial charge in [0.05, 0.1) is 18.1 Å². The summed E-state index contributed by atoms with van der Waals surface area (Å²) in [5, 5.41) is 14.7. The van der Waals surface area contributed by atoms with Gasteiger partial charge in [0.25, 0.3) is 0 Å². The molecular weight excluding hydrogens is 470 g/mol. The number of thioether (sulfide) groups is 1. The highest BCUT2D eigenvalue weighted by Crippen LogP contribution is 2.36. The summed E-state index contributed by atoms with van der Waals surface area (Å²) in [5.74, 6) is 1.63. The van der Waals surface area contributed by atoms with Gasteiger partial charge < -0.3 is 14.4 Å². The molecule has 0 amide bonds. The molecule has 34 heavy (non-hydrogen) atoms. The second-order valence-corrected chi connectivity index (χ2v) is 9.49. The van der Waals surface area contributed by atoms with E-state index in [1.165, 1.54) is 0 Å². The topological polar surface area (TPSA) is 72.6 Å². The molecule has 0 spiro atoms. The Kier molecular flexibility index (Phi) is 8.14. The van der Waals surface area contributed by atoms with Gasteiger partial charge in [-0.3, -0.25) is 4.79 Å². The summed E-state index contributed by atoms with van der Waals surface area (Å²) in [6.07, 6.45) is 2.69. The summed E-state index contributed by atoms with van der Waals surface area (Å²) >= 11 is 7.97. The third kappa shape index (κ3) is 5.75. The molecule has 0 aliphatic carbocycles. The van der Waals surface area contributed by atoms with E-state index in [2.05, 4.69) is 18.1 Å². The van der Waals surface area contributed by atoms with Crippen LogP contribution in [-0.4, -0.2) is 28.6 Å². The van der Waals surface area contributed by atoms with Crippen molar-refractivity contribution in [3.8, 4) is 17.1 Å². The van der Waals surface area contributed by atoms with Crippen LogP contribution in [0.25, 0.3) is 22.2 Å². The number of rotatable bonds is 11. The molecule has 5 nitrogen and oxygen atoms in total. The molecule has 1 aromatic heterocycles. The summed E-state index contributed by atoms with van der Waals surface area (Å²) in [5.41, 5.74) is 3.71. The monoisotopic (exact) mass is 495 g/mol. The number of fused-ring (bicyclic) bond motifs is 1. The number of carbonyl (C=O) groups is 1. The summed E-state index contributed by atoms with van der Waals surface area (Å²) < 4.78 is 11.9. The number of benzene rings is 3. The number of carboxylic acid groups (broad SMARTS) is 1. The molecule has 1 heterocycles. The number of carboxylic acids is 1. The van der Waals surface area contributed by atoms with Crippen molar-refractivity contribution in [1.82, 2.24) is 5.16 Å². The van der Waals surface area contributed by atoms with Crippen LogP contribution in [0.15, 0.2) is 70.1 Å². The maximum atomic E-state index is 10.9. The summed E-state index contributed by atoms with van der Waals surface area (Å²) in [4.78, 5) is 11.8. The van der Waals surface area contributed by atoms with Crippen molar-refractivity contribution in [2.45, 2.75) is 37.5 Å². The molecule has 4 aromatic rings. The molecule has 0 unspecified atom stereocenters. The van der Waals surface area contributed by atoms with Crippen LogP contribution in [0.3, 0.4) is 0 Å². The van der Waals surface area contributed by atoms with Crippen molar-refractivity contribution in [2.75, 3.05) is 12.4 Å². The van der Waals surface area contributed by atoms with E-state index in [-0.39, 0.29) is 6.42 Å². The number of aromatic nitrogens is 1. The highest BCUT2D eigenvalue weighted by Gasteiger charge is 2.17. The lowest BCUT2D eigenvalue weighted by Gasteiger charge is -2.14. The van der Waals surface area contributed by atoms with Gasteiger partial charge in [0.15, 0.2) is 5.76 Å². The van der Waals surface area contributed by atoms with Crippen molar-refractivity contribution < 1.29 is 19.2 Å². The molecule has 3 aromatic carbocycles. The molecule has 0 fully saturated rings. The van der Waals surface area contributed by atoms with E-state index in [1.54, 1.807) is 17.8 Å². The minimum Gasteiger partial charge on any atom is -0.493 e. The van der Waals surface area contributed by atoms with E-state index in [1.807, 2.05) is 48.5 Å². The number of hydrogen-bond donors (Lipinski definition) is 1.